The predicted octanol–water partition coefficient (Wildman–Crippen LogP) is 3.37. The number of nitrogens with zero attached hydrogens (tertiary/aromatic N) is 1. The van der Waals surface area contributed by atoms with E-state index in [4.69, 9.17) is 14.5 Å². The van der Waals surface area contributed by atoms with E-state index in [9.17, 15) is 0 Å². The highest BCUT2D eigenvalue weighted by atomic mass is 32.1. The van der Waals surface area contributed by atoms with E-state index < -0.39 is 0 Å². The van der Waals surface area contributed by atoms with Gasteiger partial charge in [-0.25, -0.2) is 4.98 Å². The fourth-order valence-electron chi connectivity index (χ4n) is 2.05. The molecule has 1 aromatic carbocycles. The number of hydrogen-bond acceptors (Lipinski definition) is 5. The lowest BCUT2D eigenvalue weighted by Crippen LogP contribution is -2.17. The topological polar surface area (TPSA) is 43.4 Å². The van der Waals surface area contributed by atoms with Gasteiger partial charge in [-0.1, -0.05) is 6.92 Å². The fraction of sp³-hybridized carbons (Fsp3) is 0.438. The summed E-state index contributed by atoms with van der Waals surface area (Å²) in [5, 5.41) is 6.65. The van der Waals surface area contributed by atoms with Gasteiger partial charge in [0.15, 0.2) is 11.5 Å². The molecule has 21 heavy (non-hydrogen) atoms. The second-order valence-electron chi connectivity index (χ2n) is 4.70. The third kappa shape index (κ3) is 4.19. The van der Waals surface area contributed by atoms with Gasteiger partial charge in [-0.3, -0.25) is 0 Å². The summed E-state index contributed by atoms with van der Waals surface area (Å²) in [7, 11) is 3.29. The van der Waals surface area contributed by atoms with E-state index in [-0.39, 0.29) is 0 Å². The van der Waals surface area contributed by atoms with Gasteiger partial charge in [-0.15, -0.1) is 11.3 Å². The number of rotatable bonds is 8. The number of methoxy groups -OCH3 is 2. The summed E-state index contributed by atoms with van der Waals surface area (Å²) in [5.74, 6) is 1.47. The summed E-state index contributed by atoms with van der Waals surface area (Å²) in [6, 6.07) is 5.89. The van der Waals surface area contributed by atoms with Crippen LogP contribution in [0.3, 0.4) is 0 Å². The smallest absolute Gasteiger partial charge is 0.161 e. The van der Waals surface area contributed by atoms with Crippen molar-refractivity contribution in [3.8, 4) is 22.8 Å². The maximum Gasteiger partial charge on any atom is 0.161 e. The van der Waals surface area contributed by atoms with Crippen molar-refractivity contribution in [1.29, 1.82) is 0 Å². The maximum atomic E-state index is 5.34. The Balaban J connectivity index is 2.06. The summed E-state index contributed by atoms with van der Waals surface area (Å²) >= 11 is 1.70. The molecule has 0 radical (unpaired) electrons. The number of hydrogen-bond donors (Lipinski definition) is 1. The zero-order valence-corrected chi connectivity index (χ0v) is 13.6. The number of thiazole rings is 1. The zero-order valence-electron chi connectivity index (χ0n) is 12.8. The van der Waals surface area contributed by atoms with E-state index >= 15 is 0 Å². The molecular weight excluding hydrogens is 284 g/mol. The second-order valence-corrected chi connectivity index (χ2v) is 5.64. The molecule has 0 bridgehead atoms. The third-order valence-electron chi connectivity index (χ3n) is 3.17. The molecule has 0 amide bonds. The molecule has 0 fully saturated rings. The zero-order chi connectivity index (χ0) is 15.1. The Morgan fingerprint density at radius 2 is 1.95 bits per heavy atom. The normalized spacial score (nSPS) is 10.6. The van der Waals surface area contributed by atoms with E-state index in [0.717, 1.165) is 53.7 Å². The van der Waals surface area contributed by atoms with Gasteiger partial charge in [-0.05, 0) is 31.2 Å². The molecule has 0 saturated heterocycles. The van der Waals surface area contributed by atoms with Gasteiger partial charge in [0.25, 0.3) is 0 Å². The van der Waals surface area contributed by atoms with Gasteiger partial charge >= 0.3 is 0 Å². The Morgan fingerprint density at radius 1 is 1.14 bits per heavy atom. The van der Waals surface area contributed by atoms with Crippen molar-refractivity contribution in [2.75, 3.05) is 27.3 Å². The molecule has 1 N–H and O–H groups in total. The van der Waals surface area contributed by atoms with Gasteiger partial charge in [-0.2, -0.15) is 0 Å². The van der Waals surface area contributed by atoms with Crippen LogP contribution in [-0.4, -0.2) is 32.3 Å². The first-order valence-electron chi connectivity index (χ1n) is 7.16. The number of benzene rings is 1. The monoisotopic (exact) mass is 306 g/mol. The fourth-order valence-corrected chi connectivity index (χ4v) is 2.86. The minimum atomic E-state index is 0.731. The summed E-state index contributed by atoms with van der Waals surface area (Å²) in [6.07, 6.45) is 2.13. The lowest BCUT2D eigenvalue weighted by Gasteiger charge is -2.08. The average molecular weight is 306 g/mol. The van der Waals surface area contributed by atoms with Crippen molar-refractivity contribution in [3.05, 3.63) is 28.6 Å². The van der Waals surface area contributed by atoms with Crippen LogP contribution < -0.4 is 14.8 Å². The molecule has 0 atom stereocenters. The molecule has 1 aromatic heterocycles. The van der Waals surface area contributed by atoms with E-state index in [2.05, 4.69) is 17.6 Å². The van der Waals surface area contributed by atoms with Crippen molar-refractivity contribution in [3.63, 3.8) is 0 Å². The van der Waals surface area contributed by atoms with E-state index in [0.29, 0.717) is 0 Å². The van der Waals surface area contributed by atoms with Crippen molar-refractivity contribution in [2.45, 2.75) is 19.8 Å². The van der Waals surface area contributed by atoms with Gasteiger partial charge in [0.1, 0.15) is 0 Å². The van der Waals surface area contributed by atoms with E-state index in [1.54, 1.807) is 25.6 Å². The molecule has 0 aliphatic carbocycles. The van der Waals surface area contributed by atoms with Crippen molar-refractivity contribution >= 4 is 11.3 Å². The van der Waals surface area contributed by atoms with Crippen molar-refractivity contribution in [2.24, 2.45) is 0 Å². The first-order valence-corrected chi connectivity index (χ1v) is 8.04. The van der Waals surface area contributed by atoms with Gasteiger partial charge in [0, 0.05) is 23.9 Å². The first kappa shape index (κ1) is 15.8. The summed E-state index contributed by atoms with van der Waals surface area (Å²) in [6.45, 7) is 4.21. The molecule has 0 aliphatic heterocycles. The molecule has 1 heterocycles. The van der Waals surface area contributed by atoms with Gasteiger partial charge < -0.3 is 14.8 Å². The minimum Gasteiger partial charge on any atom is -0.493 e. The van der Waals surface area contributed by atoms with Crippen LogP contribution in [0, 0.1) is 0 Å². The first-order chi connectivity index (χ1) is 10.3. The van der Waals surface area contributed by atoms with Crippen LogP contribution in [-0.2, 0) is 6.42 Å². The lowest BCUT2D eigenvalue weighted by molar-refractivity contribution is 0.355. The predicted molar refractivity (Wildman–Crippen MR) is 87.5 cm³/mol. The molecular formula is C16H22N2O2S. The Morgan fingerprint density at radius 3 is 2.67 bits per heavy atom. The number of nitrogens with one attached hydrogen (secondary N) is 1. The van der Waals surface area contributed by atoms with Gasteiger partial charge in [0.2, 0.25) is 0 Å². The number of ether oxygens (including phenoxy) is 2. The molecule has 4 nitrogen and oxygen atoms in total. The highest BCUT2D eigenvalue weighted by molar-refractivity contribution is 7.09. The highest BCUT2D eigenvalue weighted by Crippen LogP contribution is 2.32. The molecule has 0 unspecified atom stereocenters. The Labute approximate surface area is 130 Å². The van der Waals surface area contributed by atoms with Crippen LogP contribution in [0.1, 0.15) is 18.4 Å². The largest absolute Gasteiger partial charge is 0.493 e. The molecule has 0 saturated carbocycles. The van der Waals surface area contributed by atoms with Gasteiger partial charge in [0.05, 0.1) is 24.9 Å². The maximum absolute atomic E-state index is 5.34. The standard InChI is InChI=1S/C16H22N2O2S/c1-4-8-17-9-7-16-18-13(11-21-16)12-5-6-14(19-2)15(10-12)20-3/h5-6,10-11,17H,4,7-9H2,1-3H3. The summed E-state index contributed by atoms with van der Waals surface area (Å²) < 4.78 is 10.6. The van der Waals surface area contributed by atoms with Crippen LogP contribution in [0.25, 0.3) is 11.3 Å². The van der Waals surface area contributed by atoms with Crippen molar-refractivity contribution < 1.29 is 9.47 Å². The minimum absolute atomic E-state index is 0.731. The average Bonchev–Trinajstić information content (AvgIpc) is 2.99. The van der Waals surface area contributed by atoms with Crippen LogP contribution in [0.4, 0.5) is 0 Å². The second kappa shape index (κ2) is 8.00. The highest BCUT2D eigenvalue weighted by Gasteiger charge is 2.09. The van der Waals surface area contributed by atoms with E-state index in [1.165, 1.54) is 0 Å². The quantitative estimate of drug-likeness (QED) is 0.759. The van der Waals surface area contributed by atoms with Crippen LogP contribution in [0.5, 0.6) is 11.5 Å². The third-order valence-corrected chi connectivity index (χ3v) is 4.08. The van der Waals surface area contributed by atoms with Crippen LogP contribution >= 0.6 is 11.3 Å². The molecule has 0 spiro atoms. The molecule has 2 rings (SSSR count). The Kier molecular flexibility index (Phi) is 6.02. The van der Waals surface area contributed by atoms with E-state index in [1.807, 2.05) is 18.2 Å². The molecule has 2 aromatic rings. The molecule has 5 heteroatoms. The summed E-state index contributed by atoms with van der Waals surface area (Å²) in [4.78, 5) is 4.69. The van der Waals surface area contributed by atoms with Crippen LogP contribution in [0.15, 0.2) is 23.6 Å². The van der Waals surface area contributed by atoms with Crippen molar-refractivity contribution in [1.82, 2.24) is 10.3 Å². The number of aromatic nitrogens is 1. The molecule has 0 aliphatic rings. The summed E-state index contributed by atoms with van der Waals surface area (Å²) in [5.41, 5.74) is 2.04. The lowest BCUT2D eigenvalue weighted by atomic mass is 10.1. The Bertz CT molecular complexity index is 569. The SMILES string of the molecule is CCCNCCc1nc(-c2ccc(OC)c(OC)c2)cs1. The molecule has 114 valence electrons. The van der Waals surface area contributed by atoms with Crippen LogP contribution in [0.2, 0.25) is 0 Å². The Hall–Kier alpha value is -1.59.